The Morgan fingerprint density at radius 3 is 2.27 bits per heavy atom. The number of nitrogens with zero attached hydrogens (tertiary/aromatic N) is 2. The first-order valence-corrected chi connectivity index (χ1v) is 11.3. The van der Waals surface area contributed by atoms with Crippen LogP contribution in [-0.4, -0.2) is 31.4 Å². The van der Waals surface area contributed by atoms with Gasteiger partial charge in [-0.25, -0.2) is 18.1 Å². The summed E-state index contributed by atoms with van der Waals surface area (Å²) in [6, 6.07) is 7.08. The molecule has 1 aromatic carbocycles. The molecule has 2 rings (SSSR count). The van der Waals surface area contributed by atoms with Gasteiger partial charge >= 0.3 is 0 Å². The molecular weight excluding hydrogens is 366 g/mol. The summed E-state index contributed by atoms with van der Waals surface area (Å²) in [4.78, 5) is 7.10. The van der Waals surface area contributed by atoms with Gasteiger partial charge in [0.05, 0.1) is 17.1 Å². The molecule has 0 saturated heterocycles. The number of sulfonamides is 1. The number of benzene rings is 1. The predicted molar refractivity (Wildman–Crippen MR) is 108 cm³/mol. The fraction of sp³-hybridized carbons (Fsp3) is 0.526. The number of hydrogen-bond donors (Lipinski definition) is 1. The summed E-state index contributed by atoms with van der Waals surface area (Å²) >= 11 is 1.49. The molecule has 144 valence electrons. The van der Waals surface area contributed by atoms with Crippen LogP contribution in [-0.2, 0) is 28.5 Å². The molecular formula is C19H29N3O2S2. The Balaban J connectivity index is 2.01. The lowest BCUT2D eigenvalue weighted by Crippen LogP contribution is -2.24. The summed E-state index contributed by atoms with van der Waals surface area (Å²) in [5, 5.41) is 2.78. The van der Waals surface area contributed by atoms with Crippen molar-refractivity contribution in [1.82, 2.24) is 14.6 Å². The van der Waals surface area contributed by atoms with E-state index in [1.807, 2.05) is 17.5 Å². The van der Waals surface area contributed by atoms with Crippen molar-refractivity contribution < 1.29 is 8.42 Å². The van der Waals surface area contributed by atoms with Gasteiger partial charge in [0.25, 0.3) is 0 Å². The van der Waals surface area contributed by atoms with E-state index in [4.69, 9.17) is 0 Å². The molecule has 0 atom stereocenters. The number of aromatic nitrogens is 1. The standard InChI is InChI=1S/C19H29N3O2S2/c1-6-22(7-2)13-16-14-25-18(21-16)12-20-26(23,24)17-10-8-15(9-11-17)19(3,4)5/h8-11,14,20H,6-7,12-13H2,1-5H3. The minimum absolute atomic E-state index is 0.00211. The monoisotopic (exact) mass is 395 g/mol. The smallest absolute Gasteiger partial charge is 0.240 e. The van der Waals surface area contributed by atoms with Crippen molar-refractivity contribution in [3.8, 4) is 0 Å². The highest BCUT2D eigenvalue weighted by Crippen LogP contribution is 2.23. The van der Waals surface area contributed by atoms with Crippen LogP contribution in [0.5, 0.6) is 0 Å². The van der Waals surface area contributed by atoms with E-state index >= 15 is 0 Å². The lowest BCUT2D eigenvalue weighted by Gasteiger charge is -2.19. The summed E-state index contributed by atoms with van der Waals surface area (Å²) in [6.45, 7) is 13.5. The van der Waals surface area contributed by atoms with E-state index in [0.717, 1.165) is 35.9 Å². The zero-order valence-electron chi connectivity index (χ0n) is 16.2. The first-order valence-electron chi connectivity index (χ1n) is 8.91. The molecule has 1 N–H and O–H groups in total. The van der Waals surface area contributed by atoms with E-state index < -0.39 is 10.0 Å². The van der Waals surface area contributed by atoms with Gasteiger partial charge in [-0.15, -0.1) is 11.3 Å². The van der Waals surface area contributed by atoms with Gasteiger partial charge in [0, 0.05) is 11.9 Å². The molecule has 5 nitrogen and oxygen atoms in total. The van der Waals surface area contributed by atoms with Crippen molar-refractivity contribution >= 4 is 21.4 Å². The van der Waals surface area contributed by atoms with Gasteiger partial charge in [-0.2, -0.15) is 0 Å². The van der Waals surface area contributed by atoms with E-state index in [1.54, 1.807) is 12.1 Å². The maximum atomic E-state index is 12.5. The molecule has 0 aliphatic heterocycles. The molecule has 0 fully saturated rings. The minimum atomic E-state index is -3.54. The van der Waals surface area contributed by atoms with Crippen LogP contribution in [0.2, 0.25) is 0 Å². The largest absolute Gasteiger partial charge is 0.298 e. The second-order valence-electron chi connectivity index (χ2n) is 7.29. The molecule has 0 aliphatic rings. The van der Waals surface area contributed by atoms with Crippen LogP contribution in [0.1, 0.15) is 50.9 Å². The topological polar surface area (TPSA) is 62.3 Å². The van der Waals surface area contributed by atoms with Crippen molar-refractivity contribution in [2.45, 2.75) is 58.0 Å². The molecule has 1 heterocycles. The predicted octanol–water partition coefficient (Wildman–Crippen LogP) is 3.76. The molecule has 0 radical (unpaired) electrons. The summed E-state index contributed by atoms with van der Waals surface area (Å²) in [7, 11) is -3.54. The SMILES string of the molecule is CCN(CC)Cc1csc(CNS(=O)(=O)c2ccc(C(C)(C)C)cc2)n1. The average molecular weight is 396 g/mol. The van der Waals surface area contributed by atoms with E-state index in [0.29, 0.717) is 0 Å². The Bertz CT molecular complexity index is 802. The normalized spacial score (nSPS) is 12.7. The van der Waals surface area contributed by atoms with Gasteiger partial charge in [0.15, 0.2) is 0 Å². The van der Waals surface area contributed by atoms with Crippen LogP contribution in [0.15, 0.2) is 34.5 Å². The van der Waals surface area contributed by atoms with Crippen LogP contribution in [0.4, 0.5) is 0 Å². The number of thiazole rings is 1. The molecule has 2 aromatic rings. The van der Waals surface area contributed by atoms with Crippen LogP contribution in [0, 0.1) is 0 Å². The molecule has 0 amide bonds. The molecule has 1 aromatic heterocycles. The lowest BCUT2D eigenvalue weighted by molar-refractivity contribution is 0.292. The van der Waals surface area contributed by atoms with E-state index in [1.165, 1.54) is 11.3 Å². The average Bonchev–Trinajstić information content (AvgIpc) is 3.05. The summed E-state index contributed by atoms with van der Waals surface area (Å²) < 4.78 is 27.7. The minimum Gasteiger partial charge on any atom is -0.298 e. The molecule has 0 spiro atoms. The van der Waals surface area contributed by atoms with Gasteiger partial charge in [-0.1, -0.05) is 46.8 Å². The fourth-order valence-electron chi connectivity index (χ4n) is 2.55. The van der Waals surface area contributed by atoms with Crippen LogP contribution in [0.3, 0.4) is 0 Å². The van der Waals surface area contributed by atoms with Gasteiger partial charge in [0.1, 0.15) is 5.01 Å². The lowest BCUT2D eigenvalue weighted by atomic mass is 9.87. The molecule has 0 saturated carbocycles. The summed E-state index contributed by atoms with van der Waals surface area (Å²) in [6.07, 6.45) is 0. The summed E-state index contributed by atoms with van der Waals surface area (Å²) in [5.74, 6) is 0. The van der Waals surface area contributed by atoms with Gasteiger partial charge in [-0.05, 0) is 36.2 Å². The van der Waals surface area contributed by atoms with Gasteiger partial charge < -0.3 is 0 Å². The van der Waals surface area contributed by atoms with Crippen molar-refractivity contribution in [3.63, 3.8) is 0 Å². The Hall–Kier alpha value is -1.28. The highest BCUT2D eigenvalue weighted by molar-refractivity contribution is 7.89. The molecule has 26 heavy (non-hydrogen) atoms. The maximum Gasteiger partial charge on any atom is 0.240 e. The molecule has 0 bridgehead atoms. The third-order valence-electron chi connectivity index (χ3n) is 4.32. The Labute approximate surface area is 161 Å². The van der Waals surface area contributed by atoms with Crippen molar-refractivity contribution in [3.05, 3.63) is 45.9 Å². The molecule has 7 heteroatoms. The second-order valence-corrected chi connectivity index (χ2v) is 10.0. The van der Waals surface area contributed by atoms with Crippen molar-refractivity contribution in [1.29, 1.82) is 0 Å². The third-order valence-corrected chi connectivity index (χ3v) is 6.64. The molecule has 0 aliphatic carbocycles. The van der Waals surface area contributed by atoms with E-state index in [2.05, 4.69) is 49.2 Å². The Kier molecular flexibility index (Phi) is 6.96. The van der Waals surface area contributed by atoms with Crippen LogP contribution in [0.25, 0.3) is 0 Å². The first-order chi connectivity index (χ1) is 12.2. The highest BCUT2D eigenvalue weighted by Gasteiger charge is 2.18. The second kappa shape index (κ2) is 8.61. The Morgan fingerprint density at radius 1 is 1.12 bits per heavy atom. The van der Waals surface area contributed by atoms with Crippen LogP contribution < -0.4 is 4.72 Å². The maximum absolute atomic E-state index is 12.5. The first kappa shape index (κ1) is 21.0. The molecule has 0 unspecified atom stereocenters. The number of nitrogens with one attached hydrogen (secondary N) is 1. The van der Waals surface area contributed by atoms with E-state index in [9.17, 15) is 8.42 Å². The van der Waals surface area contributed by atoms with Crippen molar-refractivity contribution in [2.24, 2.45) is 0 Å². The van der Waals surface area contributed by atoms with E-state index in [-0.39, 0.29) is 16.9 Å². The van der Waals surface area contributed by atoms with Gasteiger partial charge in [0.2, 0.25) is 10.0 Å². The quantitative estimate of drug-likeness (QED) is 0.739. The fourth-order valence-corrected chi connectivity index (χ4v) is 4.36. The Morgan fingerprint density at radius 2 is 1.73 bits per heavy atom. The summed E-state index contributed by atoms with van der Waals surface area (Å²) in [5.41, 5.74) is 2.09. The van der Waals surface area contributed by atoms with Crippen LogP contribution >= 0.6 is 11.3 Å². The van der Waals surface area contributed by atoms with Crippen molar-refractivity contribution in [2.75, 3.05) is 13.1 Å². The zero-order chi connectivity index (χ0) is 19.4. The number of rotatable bonds is 8. The zero-order valence-corrected chi connectivity index (χ0v) is 17.9. The van der Waals surface area contributed by atoms with Gasteiger partial charge in [-0.3, -0.25) is 4.90 Å². The third kappa shape index (κ3) is 5.61. The number of hydrogen-bond acceptors (Lipinski definition) is 5. The highest BCUT2D eigenvalue weighted by atomic mass is 32.2.